The molecule has 0 unspecified atom stereocenters. The molecule has 2 rings (SSSR count). The van der Waals surface area contributed by atoms with Crippen LogP contribution in [0.1, 0.15) is 0 Å². The summed E-state index contributed by atoms with van der Waals surface area (Å²) in [4.78, 5) is 3.82. The molecule has 2 heterocycles. The number of hydrogen-bond acceptors (Lipinski definition) is 5. The average molecular weight is 169 g/mol. The number of anilines is 1. The summed E-state index contributed by atoms with van der Waals surface area (Å²) in [6.07, 6.45) is 3.51. The number of rotatable bonds is 1. The maximum Gasteiger partial charge on any atom is 0.154 e. The van der Waals surface area contributed by atoms with E-state index in [0.29, 0.717) is 0 Å². The van der Waals surface area contributed by atoms with Crippen LogP contribution in [0.4, 0.5) is 5.00 Å². The van der Waals surface area contributed by atoms with Crippen molar-refractivity contribution in [2.75, 3.05) is 4.41 Å². The molecule has 0 fully saturated rings. The SMILES string of the molecule is [C]1=CNN(c2cn[c]s2)S1. The summed E-state index contributed by atoms with van der Waals surface area (Å²) in [6, 6.07) is 0. The molecule has 2 radical (unpaired) electrons. The van der Waals surface area contributed by atoms with Crippen molar-refractivity contribution >= 4 is 28.3 Å². The van der Waals surface area contributed by atoms with Gasteiger partial charge in [0.05, 0.1) is 11.6 Å². The van der Waals surface area contributed by atoms with E-state index in [1.807, 2.05) is 4.41 Å². The number of thiazole rings is 1. The Kier molecular flexibility index (Phi) is 1.52. The molecule has 0 saturated carbocycles. The lowest BCUT2D eigenvalue weighted by Gasteiger charge is -2.11. The Morgan fingerprint density at radius 1 is 1.70 bits per heavy atom. The van der Waals surface area contributed by atoms with E-state index >= 15 is 0 Å². The van der Waals surface area contributed by atoms with Crippen molar-refractivity contribution in [2.45, 2.75) is 0 Å². The van der Waals surface area contributed by atoms with E-state index in [1.165, 1.54) is 23.3 Å². The molecule has 0 amide bonds. The van der Waals surface area contributed by atoms with Crippen LogP contribution in [0.2, 0.25) is 0 Å². The second kappa shape index (κ2) is 2.51. The Morgan fingerprint density at radius 2 is 2.70 bits per heavy atom. The molecule has 5 heteroatoms. The molecule has 3 nitrogen and oxygen atoms in total. The maximum atomic E-state index is 3.82. The van der Waals surface area contributed by atoms with Gasteiger partial charge in [-0.25, -0.2) is 9.40 Å². The average Bonchev–Trinajstić information content (AvgIpc) is 2.59. The third kappa shape index (κ3) is 0.975. The first kappa shape index (κ1) is 6.06. The van der Waals surface area contributed by atoms with Gasteiger partial charge in [-0.05, 0) is 0 Å². The molecule has 0 spiro atoms. The highest BCUT2D eigenvalue weighted by atomic mass is 32.2. The Labute approximate surface area is 66.9 Å². The molecule has 1 aliphatic heterocycles. The largest absolute Gasteiger partial charge is 0.293 e. The van der Waals surface area contributed by atoms with Gasteiger partial charge < -0.3 is 0 Å². The monoisotopic (exact) mass is 169 g/mol. The smallest absolute Gasteiger partial charge is 0.154 e. The highest BCUT2D eigenvalue weighted by molar-refractivity contribution is 8.02. The van der Waals surface area contributed by atoms with Crippen molar-refractivity contribution in [1.29, 1.82) is 0 Å². The summed E-state index contributed by atoms with van der Waals surface area (Å²) in [7, 11) is 0. The first-order valence-electron chi connectivity index (χ1n) is 2.59. The van der Waals surface area contributed by atoms with Crippen molar-refractivity contribution < 1.29 is 0 Å². The normalized spacial score (nSPS) is 15.8. The van der Waals surface area contributed by atoms with E-state index in [2.05, 4.69) is 21.3 Å². The number of nitrogens with one attached hydrogen (secondary N) is 1. The Bertz CT molecular complexity index is 223. The predicted molar refractivity (Wildman–Crippen MR) is 42.0 cm³/mol. The summed E-state index contributed by atoms with van der Waals surface area (Å²) in [5.74, 6) is 0. The number of aromatic nitrogens is 1. The molecule has 0 aliphatic carbocycles. The second-order valence-electron chi connectivity index (χ2n) is 1.57. The van der Waals surface area contributed by atoms with Gasteiger partial charge in [-0.2, -0.15) is 0 Å². The third-order valence-electron chi connectivity index (χ3n) is 0.963. The van der Waals surface area contributed by atoms with Crippen LogP contribution in [-0.2, 0) is 0 Å². The van der Waals surface area contributed by atoms with Gasteiger partial charge in [0.1, 0.15) is 5.00 Å². The van der Waals surface area contributed by atoms with Crippen molar-refractivity contribution in [3.05, 3.63) is 23.3 Å². The van der Waals surface area contributed by atoms with E-state index in [4.69, 9.17) is 0 Å². The minimum atomic E-state index is 1.03. The lowest BCUT2D eigenvalue weighted by molar-refractivity contribution is 0.989. The van der Waals surface area contributed by atoms with Gasteiger partial charge in [-0.15, -0.1) is 0 Å². The Balaban J connectivity index is 2.14. The van der Waals surface area contributed by atoms with Crippen LogP contribution in [-0.4, -0.2) is 4.98 Å². The highest BCUT2D eigenvalue weighted by Crippen LogP contribution is 2.26. The van der Waals surface area contributed by atoms with Crippen LogP contribution in [0.5, 0.6) is 0 Å². The molecule has 0 atom stereocenters. The van der Waals surface area contributed by atoms with Crippen LogP contribution in [0, 0.1) is 10.9 Å². The van der Waals surface area contributed by atoms with Crippen LogP contribution in [0.15, 0.2) is 12.4 Å². The van der Waals surface area contributed by atoms with Crippen LogP contribution < -0.4 is 9.84 Å². The molecule has 1 aromatic rings. The van der Waals surface area contributed by atoms with E-state index < -0.39 is 0 Å². The zero-order valence-electron chi connectivity index (χ0n) is 4.87. The predicted octanol–water partition coefficient (Wildman–Crippen LogP) is 1.19. The van der Waals surface area contributed by atoms with Crippen molar-refractivity contribution in [3.8, 4) is 0 Å². The number of hydrogen-bond donors (Lipinski definition) is 1. The summed E-state index contributed by atoms with van der Waals surface area (Å²) >= 11 is 2.93. The Hall–Kier alpha value is -0.680. The van der Waals surface area contributed by atoms with Crippen molar-refractivity contribution in [2.24, 2.45) is 0 Å². The maximum absolute atomic E-state index is 3.82. The third-order valence-corrected chi connectivity index (χ3v) is 2.48. The molecule has 0 saturated heterocycles. The first-order chi connectivity index (χ1) is 4.97. The van der Waals surface area contributed by atoms with E-state index in [1.54, 1.807) is 12.4 Å². The minimum absolute atomic E-state index is 1.03. The molecule has 10 heavy (non-hydrogen) atoms. The lowest BCUT2D eigenvalue weighted by Crippen LogP contribution is -2.21. The van der Waals surface area contributed by atoms with Gasteiger partial charge in [-0.3, -0.25) is 5.43 Å². The molecule has 50 valence electrons. The van der Waals surface area contributed by atoms with E-state index in [9.17, 15) is 0 Å². The van der Waals surface area contributed by atoms with Crippen LogP contribution >= 0.6 is 23.3 Å². The lowest BCUT2D eigenvalue weighted by atomic mass is 10.9. The summed E-state index contributed by atoms with van der Waals surface area (Å²) < 4.78 is 1.87. The van der Waals surface area contributed by atoms with E-state index in [-0.39, 0.29) is 0 Å². The fourth-order valence-electron chi connectivity index (χ4n) is 0.574. The van der Waals surface area contributed by atoms with Gasteiger partial charge >= 0.3 is 0 Å². The molecular weight excluding hydrogens is 166 g/mol. The quantitative estimate of drug-likeness (QED) is 0.639. The van der Waals surface area contributed by atoms with Crippen LogP contribution in [0.25, 0.3) is 0 Å². The highest BCUT2D eigenvalue weighted by Gasteiger charge is 2.09. The minimum Gasteiger partial charge on any atom is -0.293 e. The van der Waals surface area contributed by atoms with Gasteiger partial charge in [-0.1, -0.05) is 11.3 Å². The molecule has 0 aromatic carbocycles. The number of hydrazine groups is 1. The summed E-state index contributed by atoms with van der Waals surface area (Å²) in [6.45, 7) is 0. The molecular formula is C5H3N3S2. The summed E-state index contributed by atoms with van der Waals surface area (Å²) in [5, 5.41) is 3.97. The molecule has 1 N–H and O–H groups in total. The fourth-order valence-corrected chi connectivity index (χ4v) is 1.69. The van der Waals surface area contributed by atoms with Gasteiger partial charge in [0.25, 0.3) is 0 Å². The standard InChI is InChI=1S/C5H3N3S2/c1-2-10-8(7-1)5-3-6-4-9-5/h1,3,7H. The second-order valence-corrected chi connectivity index (χ2v) is 3.16. The summed E-state index contributed by atoms with van der Waals surface area (Å²) in [5.41, 5.74) is 5.73. The topological polar surface area (TPSA) is 28.2 Å². The van der Waals surface area contributed by atoms with Gasteiger partial charge in [0.2, 0.25) is 0 Å². The zero-order valence-corrected chi connectivity index (χ0v) is 6.50. The zero-order chi connectivity index (χ0) is 6.81. The van der Waals surface area contributed by atoms with E-state index in [0.717, 1.165) is 5.00 Å². The first-order valence-corrected chi connectivity index (χ1v) is 4.18. The molecule has 0 bridgehead atoms. The van der Waals surface area contributed by atoms with Crippen molar-refractivity contribution in [3.63, 3.8) is 0 Å². The molecule has 1 aliphatic rings. The van der Waals surface area contributed by atoms with Gasteiger partial charge in [0, 0.05) is 18.1 Å². The molecule has 1 aromatic heterocycles. The van der Waals surface area contributed by atoms with Crippen LogP contribution in [0.3, 0.4) is 0 Å². The fraction of sp³-hybridized carbons (Fsp3) is 0. The van der Waals surface area contributed by atoms with Crippen molar-refractivity contribution in [1.82, 2.24) is 10.4 Å². The Morgan fingerprint density at radius 3 is 3.30 bits per heavy atom. The van der Waals surface area contributed by atoms with Gasteiger partial charge in [0.15, 0.2) is 5.51 Å². The number of nitrogens with zero attached hydrogens (tertiary/aromatic N) is 2.